The number of fused-ring (bicyclic) bond motifs is 1. The van der Waals surface area contributed by atoms with E-state index in [1.807, 2.05) is 0 Å². The van der Waals surface area contributed by atoms with E-state index in [1.54, 1.807) is 13.0 Å². The van der Waals surface area contributed by atoms with Crippen molar-refractivity contribution in [2.24, 2.45) is 0 Å². The normalized spacial score (nSPS) is 10.7. The number of aromatic amines is 1. The highest BCUT2D eigenvalue weighted by atomic mass is 35.5. The van der Waals surface area contributed by atoms with Gasteiger partial charge in [0.2, 0.25) is 0 Å². The zero-order valence-electron chi connectivity index (χ0n) is 8.51. The monoisotopic (exact) mass is 241 g/mol. The molecule has 0 saturated carbocycles. The molecule has 3 nitrogen and oxygen atoms in total. The summed E-state index contributed by atoms with van der Waals surface area (Å²) in [7, 11) is 0. The predicted molar refractivity (Wildman–Crippen MR) is 59.2 cm³/mol. The van der Waals surface area contributed by atoms with E-state index in [0.717, 1.165) is 0 Å². The summed E-state index contributed by atoms with van der Waals surface area (Å²) in [5.74, 6) is -0.926. The Morgan fingerprint density at radius 3 is 2.94 bits per heavy atom. The fraction of sp³-hybridized carbons (Fsp3) is 0.182. The molecule has 0 spiro atoms. The highest BCUT2D eigenvalue weighted by Crippen LogP contribution is 2.25. The summed E-state index contributed by atoms with van der Waals surface area (Å²) in [6.07, 6.45) is 0. The van der Waals surface area contributed by atoms with Crippen molar-refractivity contribution in [3.63, 3.8) is 0 Å². The van der Waals surface area contributed by atoms with E-state index in [2.05, 4.69) is 4.98 Å². The van der Waals surface area contributed by atoms with Crippen LogP contribution in [0.15, 0.2) is 18.2 Å². The first-order valence-corrected chi connectivity index (χ1v) is 5.14. The lowest BCUT2D eigenvalue weighted by Gasteiger charge is -1.96. The van der Waals surface area contributed by atoms with Gasteiger partial charge in [-0.05, 0) is 25.1 Å². The summed E-state index contributed by atoms with van der Waals surface area (Å²) in [5.41, 5.74) is 0.748. The molecule has 0 aliphatic heterocycles. The fourth-order valence-electron chi connectivity index (χ4n) is 1.48. The van der Waals surface area contributed by atoms with Gasteiger partial charge in [-0.2, -0.15) is 0 Å². The van der Waals surface area contributed by atoms with Crippen molar-refractivity contribution in [3.8, 4) is 0 Å². The van der Waals surface area contributed by atoms with Gasteiger partial charge < -0.3 is 9.72 Å². The van der Waals surface area contributed by atoms with Gasteiger partial charge in [0.15, 0.2) is 0 Å². The molecular weight excluding hydrogens is 233 g/mol. The van der Waals surface area contributed by atoms with E-state index in [-0.39, 0.29) is 17.3 Å². The number of carbonyl (C=O) groups is 1. The van der Waals surface area contributed by atoms with Crippen LogP contribution in [-0.2, 0) is 4.74 Å². The van der Waals surface area contributed by atoms with Crippen molar-refractivity contribution in [3.05, 3.63) is 34.7 Å². The van der Waals surface area contributed by atoms with Gasteiger partial charge in [-0.1, -0.05) is 11.6 Å². The number of ether oxygens (including phenoxy) is 1. The Morgan fingerprint density at radius 2 is 2.25 bits per heavy atom. The zero-order valence-corrected chi connectivity index (χ0v) is 9.27. The molecule has 0 fully saturated rings. The molecule has 2 rings (SSSR count). The van der Waals surface area contributed by atoms with Crippen molar-refractivity contribution in [2.75, 3.05) is 6.61 Å². The molecule has 16 heavy (non-hydrogen) atoms. The molecule has 0 aliphatic rings. The van der Waals surface area contributed by atoms with E-state index >= 15 is 0 Å². The van der Waals surface area contributed by atoms with Gasteiger partial charge in [-0.15, -0.1) is 0 Å². The maximum atomic E-state index is 13.0. The van der Waals surface area contributed by atoms with Gasteiger partial charge in [0.05, 0.1) is 17.1 Å². The number of H-pyrrole nitrogens is 1. The average molecular weight is 242 g/mol. The standard InChI is InChI=1S/C11H9ClFNO2/c1-2-16-11(15)10-5-7-8(12)3-6(13)4-9(7)14-10/h3-5,14H,2H2,1H3. The minimum Gasteiger partial charge on any atom is -0.461 e. The molecule has 84 valence electrons. The first kappa shape index (κ1) is 11.0. The molecule has 1 heterocycles. The Balaban J connectivity index is 2.51. The largest absolute Gasteiger partial charge is 0.461 e. The molecule has 0 unspecified atom stereocenters. The van der Waals surface area contributed by atoms with Crippen LogP contribution < -0.4 is 0 Å². The number of rotatable bonds is 2. The van der Waals surface area contributed by atoms with Gasteiger partial charge in [-0.25, -0.2) is 9.18 Å². The molecule has 0 saturated heterocycles. The van der Waals surface area contributed by atoms with Crippen molar-refractivity contribution in [1.82, 2.24) is 4.98 Å². The van der Waals surface area contributed by atoms with Crippen LogP contribution in [0.5, 0.6) is 0 Å². The van der Waals surface area contributed by atoms with Crippen molar-refractivity contribution >= 4 is 28.5 Å². The van der Waals surface area contributed by atoms with Crippen LogP contribution in [0, 0.1) is 5.82 Å². The van der Waals surface area contributed by atoms with Crippen molar-refractivity contribution in [1.29, 1.82) is 0 Å². The molecule has 0 bridgehead atoms. The summed E-state index contributed by atoms with van der Waals surface area (Å²) >= 11 is 5.85. The Kier molecular flexibility index (Phi) is 2.83. The second-order valence-electron chi connectivity index (χ2n) is 3.25. The van der Waals surface area contributed by atoms with Gasteiger partial charge in [0.25, 0.3) is 0 Å². The topological polar surface area (TPSA) is 42.1 Å². The minimum atomic E-state index is -0.477. The van der Waals surface area contributed by atoms with Crippen LogP contribution >= 0.6 is 11.6 Å². The number of halogens is 2. The summed E-state index contributed by atoms with van der Waals surface area (Å²) in [6, 6.07) is 4.03. The molecule has 0 amide bonds. The summed E-state index contributed by atoms with van der Waals surface area (Å²) in [4.78, 5) is 14.2. The van der Waals surface area contributed by atoms with Gasteiger partial charge >= 0.3 is 5.97 Å². The number of esters is 1. The van der Waals surface area contributed by atoms with Crippen molar-refractivity contribution in [2.45, 2.75) is 6.92 Å². The van der Waals surface area contributed by atoms with E-state index < -0.39 is 11.8 Å². The second kappa shape index (κ2) is 4.14. The zero-order chi connectivity index (χ0) is 11.7. The molecule has 0 radical (unpaired) electrons. The first-order valence-electron chi connectivity index (χ1n) is 4.76. The van der Waals surface area contributed by atoms with Crippen LogP contribution in [0.1, 0.15) is 17.4 Å². The first-order chi connectivity index (χ1) is 7.61. The quantitative estimate of drug-likeness (QED) is 0.821. The number of nitrogens with one attached hydrogen (secondary N) is 1. The number of hydrogen-bond acceptors (Lipinski definition) is 2. The molecule has 1 N–H and O–H groups in total. The van der Waals surface area contributed by atoms with E-state index in [4.69, 9.17) is 16.3 Å². The van der Waals surface area contributed by atoms with Gasteiger partial charge in [0, 0.05) is 5.39 Å². The predicted octanol–water partition coefficient (Wildman–Crippen LogP) is 3.14. The maximum Gasteiger partial charge on any atom is 0.354 e. The van der Waals surface area contributed by atoms with Crippen LogP contribution in [-0.4, -0.2) is 17.6 Å². The van der Waals surface area contributed by atoms with E-state index in [0.29, 0.717) is 10.9 Å². The molecule has 5 heteroatoms. The SMILES string of the molecule is CCOC(=O)c1cc2c(Cl)cc(F)cc2[nH]1. The number of aromatic nitrogens is 1. The third-order valence-corrected chi connectivity index (χ3v) is 2.46. The molecule has 2 aromatic rings. The Bertz CT molecular complexity index is 550. The van der Waals surface area contributed by atoms with Gasteiger partial charge in [0.1, 0.15) is 11.5 Å². The number of hydrogen-bond donors (Lipinski definition) is 1. The molecule has 1 aromatic carbocycles. The number of benzene rings is 1. The smallest absolute Gasteiger partial charge is 0.354 e. The Hall–Kier alpha value is -1.55. The molecule has 1 aromatic heterocycles. The van der Waals surface area contributed by atoms with Crippen LogP contribution in [0.3, 0.4) is 0 Å². The fourth-order valence-corrected chi connectivity index (χ4v) is 1.74. The summed E-state index contributed by atoms with van der Waals surface area (Å²) < 4.78 is 17.9. The summed E-state index contributed by atoms with van der Waals surface area (Å²) in [5, 5.41) is 0.868. The third-order valence-electron chi connectivity index (χ3n) is 2.15. The Labute approximate surface area is 96.2 Å². The Morgan fingerprint density at radius 1 is 1.50 bits per heavy atom. The molecular formula is C11H9ClFNO2. The average Bonchev–Trinajstić information content (AvgIpc) is 2.62. The molecule has 0 atom stereocenters. The van der Waals surface area contributed by atoms with E-state index in [9.17, 15) is 9.18 Å². The lowest BCUT2D eigenvalue weighted by atomic mass is 10.2. The minimum absolute atomic E-state index is 0.266. The van der Waals surface area contributed by atoms with E-state index in [1.165, 1.54) is 12.1 Å². The lowest BCUT2D eigenvalue weighted by Crippen LogP contribution is -2.04. The number of carbonyl (C=O) groups excluding carboxylic acids is 1. The highest BCUT2D eigenvalue weighted by molar-refractivity contribution is 6.35. The molecule has 0 aliphatic carbocycles. The van der Waals surface area contributed by atoms with Crippen LogP contribution in [0.4, 0.5) is 4.39 Å². The van der Waals surface area contributed by atoms with Crippen LogP contribution in [0.25, 0.3) is 10.9 Å². The lowest BCUT2D eigenvalue weighted by molar-refractivity contribution is 0.0520. The maximum absolute atomic E-state index is 13.0. The third kappa shape index (κ3) is 1.88. The van der Waals surface area contributed by atoms with Crippen LogP contribution in [0.2, 0.25) is 5.02 Å². The van der Waals surface area contributed by atoms with Crippen molar-refractivity contribution < 1.29 is 13.9 Å². The second-order valence-corrected chi connectivity index (χ2v) is 3.66. The summed E-state index contributed by atoms with van der Waals surface area (Å²) in [6.45, 7) is 2.00. The van der Waals surface area contributed by atoms with Gasteiger partial charge in [-0.3, -0.25) is 0 Å². The highest BCUT2D eigenvalue weighted by Gasteiger charge is 2.12.